The Morgan fingerprint density at radius 2 is 1.76 bits per heavy atom. The first-order valence-electron chi connectivity index (χ1n) is 9.30. The van der Waals surface area contributed by atoms with E-state index in [1.807, 2.05) is 6.07 Å². The average Bonchev–Trinajstić information content (AvgIpc) is 2.71. The normalized spacial score (nSPS) is 18.7. The lowest BCUT2D eigenvalue weighted by atomic mass is 9.75. The molecule has 4 nitrogen and oxygen atoms in total. The fourth-order valence-electron chi connectivity index (χ4n) is 4.12. The summed E-state index contributed by atoms with van der Waals surface area (Å²) in [6.07, 6.45) is -2.55. The van der Waals surface area contributed by atoms with Crippen molar-refractivity contribution in [3.8, 4) is 11.5 Å². The molecule has 0 saturated carbocycles. The van der Waals surface area contributed by atoms with E-state index >= 15 is 0 Å². The number of alkyl halides is 3. The minimum Gasteiger partial charge on any atom is -0.497 e. The van der Waals surface area contributed by atoms with Gasteiger partial charge in [0.2, 0.25) is 0 Å². The Labute approximate surface area is 166 Å². The molecule has 0 unspecified atom stereocenters. The molecule has 152 valence electrons. The van der Waals surface area contributed by atoms with Crippen molar-refractivity contribution in [3.63, 3.8) is 0 Å². The molecule has 7 heteroatoms. The zero-order chi connectivity index (χ0) is 20.8. The Kier molecular flexibility index (Phi) is 4.76. The molecule has 1 aliphatic carbocycles. The van der Waals surface area contributed by atoms with E-state index in [-0.39, 0.29) is 5.78 Å². The van der Waals surface area contributed by atoms with E-state index in [4.69, 9.17) is 9.47 Å². The highest BCUT2D eigenvalue weighted by atomic mass is 19.4. The molecule has 0 fully saturated rings. The first kappa shape index (κ1) is 19.4. The van der Waals surface area contributed by atoms with Gasteiger partial charge in [0, 0.05) is 47.0 Å². The van der Waals surface area contributed by atoms with Crippen molar-refractivity contribution >= 4 is 11.5 Å². The molecule has 1 atom stereocenters. The highest BCUT2D eigenvalue weighted by molar-refractivity contribution is 6.01. The lowest BCUT2D eigenvalue weighted by Gasteiger charge is -2.35. The molecule has 0 amide bonds. The smallest absolute Gasteiger partial charge is 0.416 e. The van der Waals surface area contributed by atoms with Gasteiger partial charge in [-0.05, 0) is 30.5 Å². The van der Waals surface area contributed by atoms with E-state index in [0.29, 0.717) is 35.5 Å². The number of fused-ring (bicyclic) bond motifs is 1. The number of Topliss-reactive ketones (excluding diaryl/α,β-unsaturated/α-hetero) is 1. The Hall–Kier alpha value is -2.96. The van der Waals surface area contributed by atoms with Crippen molar-refractivity contribution < 1.29 is 27.4 Å². The van der Waals surface area contributed by atoms with Crippen LogP contribution in [0.4, 0.5) is 18.9 Å². The van der Waals surface area contributed by atoms with E-state index in [0.717, 1.165) is 35.5 Å². The number of anilines is 1. The zero-order valence-corrected chi connectivity index (χ0v) is 16.0. The lowest BCUT2D eigenvalue weighted by molar-refractivity contribution is -0.137. The largest absolute Gasteiger partial charge is 0.497 e. The monoisotopic (exact) mass is 403 g/mol. The summed E-state index contributed by atoms with van der Waals surface area (Å²) in [5, 5.41) is 3.33. The molecular formula is C22H20F3NO3. The summed E-state index contributed by atoms with van der Waals surface area (Å²) in [6.45, 7) is 0. The third-order valence-electron chi connectivity index (χ3n) is 5.46. The molecule has 2 aromatic rings. The van der Waals surface area contributed by atoms with Crippen LogP contribution in [0.2, 0.25) is 0 Å². The van der Waals surface area contributed by atoms with Crippen molar-refractivity contribution in [2.75, 3.05) is 19.5 Å². The van der Waals surface area contributed by atoms with Gasteiger partial charge in [-0.1, -0.05) is 12.1 Å². The van der Waals surface area contributed by atoms with Crippen LogP contribution >= 0.6 is 0 Å². The minimum atomic E-state index is -4.42. The van der Waals surface area contributed by atoms with E-state index in [9.17, 15) is 18.0 Å². The van der Waals surface area contributed by atoms with E-state index in [1.165, 1.54) is 19.2 Å². The Morgan fingerprint density at radius 1 is 1.03 bits per heavy atom. The van der Waals surface area contributed by atoms with Crippen LogP contribution in [0.5, 0.6) is 11.5 Å². The number of ketones is 1. The number of ether oxygens (including phenoxy) is 2. The van der Waals surface area contributed by atoms with Crippen molar-refractivity contribution in [1.29, 1.82) is 0 Å². The van der Waals surface area contributed by atoms with Gasteiger partial charge in [-0.25, -0.2) is 0 Å². The summed E-state index contributed by atoms with van der Waals surface area (Å²) in [5.74, 6) is 0.608. The van der Waals surface area contributed by atoms with Gasteiger partial charge < -0.3 is 14.8 Å². The van der Waals surface area contributed by atoms with Crippen molar-refractivity contribution in [2.24, 2.45) is 0 Å². The van der Waals surface area contributed by atoms with Gasteiger partial charge >= 0.3 is 6.18 Å². The van der Waals surface area contributed by atoms with Crippen molar-refractivity contribution in [2.45, 2.75) is 31.4 Å². The second-order valence-corrected chi connectivity index (χ2v) is 7.14. The summed E-state index contributed by atoms with van der Waals surface area (Å²) in [6, 6.07) is 8.53. The summed E-state index contributed by atoms with van der Waals surface area (Å²) >= 11 is 0. The van der Waals surface area contributed by atoms with Crippen LogP contribution in [0, 0.1) is 0 Å². The van der Waals surface area contributed by atoms with E-state index in [1.54, 1.807) is 13.2 Å². The van der Waals surface area contributed by atoms with Gasteiger partial charge in [-0.2, -0.15) is 13.2 Å². The fourth-order valence-corrected chi connectivity index (χ4v) is 4.12. The van der Waals surface area contributed by atoms with Crippen LogP contribution < -0.4 is 14.8 Å². The molecule has 1 N–H and O–H groups in total. The second-order valence-electron chi connectivity index (χ2n) is 7.14. The second kappa shape index (κ2) is 7.13. The average molecular weight is 403 g/mol. The van der Waals surface area contributed by atoms with Crippen LogP contribution in [0.15, 0.2) is 47.7 Å². The molecule has 2 aliphatic rings. The Morgan fingerprint density at radius 3 is 2.38 bits per heavy atom. The summed E-state index contributed by atoms with van der Waals surface area (Å²) in [4.78, 5) is 12.8. The summed E-state index contributed by atoms with van der Waals surface area (Å²) in [7, 11) is 3.07. The number of hydrogen-bond donors (Lipinski definition) is 1. The van der Waals surface area contributed by atoms with E-state index < -0.39 is 17.7 Å². The maximum atomic E-state index is 13.0. The quantitative estimate of drug-likeness (QED) is 0.757. The molecule has 0 radical (unpaired) electrons. The first-order chi connectivity index (χ1) is 13.8. The van der Waals surface area contributed by atoms with E-state index in [2.05, 4.69) is 5.32 Å². The van der Waals surface area contributed by atoms with Gasteiger partial charge in [0.05, 0.1) is 19.8 Å². The number of carbonyl (C=O) groups excluding carboxylic acids is 1. The number of carbonyl (C=O) groups is 1. The number of methoxy groups -OCH3 is 2. The summed E-state index contributed by atoms with van der Waals surface area (Å²) in [5.41, 5.74) is 2.77. The number of rotatable bonds is 3. The maximum Gasteiger partial charge on any atom is 0.416 e. The highest BCUT2D eigenvalue weighted by Gasteiger charge is 2.38. The molecule has 2 aromatic carbocycles. The van der Waals surface area contributed by atoms with Crippen LogP contribution in [-0.4, -0.2) is 20.0 Å². The minimum absolute atomic E-state index is 0.00664. The predicted molar refractivity (Wildman–Crippen MR) is 102 cm³/mol. The van der Waals surface area contributed by atoms with Gasteiger partial charge in [-0.3, -0.25) is 4.79 Å². The molecular weight excluding hydrogens is 383 g/mol. The van der Waals surface area contributed by atoms with Crippen LogP contribution in [0.25, 0.3) is 0 Å². The third kappa shape index (κ3) is 3.34. The predicted octanol–water partition coefficient (Wildman–Crippen LogP) is 5.29. The first-order valence-corrected chi connectivity index (χ1v) is 9.30. The standard InChI is InChI=1S/C22H20F3NO3/c1-28-14-10-16-21(18(11-14)29-2)19(20-15(26-16)4-3-5-17(20)27)12-6-8-13(9-7-12)22(23,24)25/h6-11,19,26H,3-5H2,1-2H3/t19-/m0/s1. The molecule has 0 spiro atoms. The molecule has 0 bridgehead atoms. The fraction of sp³-hybridized carbons (Fsp3) is 0.318. The van der Waals surface area contributed by atoms with Crippen LogP contribution in [-0.2, 0) is 11.0 Å². The SMILES string of the molecule is COc1cc2c(c(OC)c1)[C@@H](c1ccc(C(F)(F)F)cc1)C1=C(CCCC1=O)N2. The van der Waals surface area contributed by atoms with Gasteiger partial charge in [0.25, 0.3) is 0 Å². The van der Waals surface area contributed by atoms with Crippen molar-refractivity contribution in [1.82, 2.24) is 0 Å². The van der Waals surface area contributed by atoms with Crippen LogP contribution in [0.1, 0.15) is 41.9 Å². The van der Waals surface area contributed by atoms with Crippen molar-refractivity contribution in [3.05, 3.63) is 64.4 Å². The topological polar surface area (TPSA) is 47.6 Å². The van der Waals surface area contributed by atoms with Gasteiger partial charge in [0.15, 0.2) is 5.78 Å². The molecule has 1 heterocycles. The molecule has 0 aromatic heterocycles. The van der Waals surface area contributed by atoms with Gasteiger partial charge in [0.1, 0.15) is 11.5 Å². The van der Waals surface area contributed by atoms with Crippen LogP contribution in [0.3, 0.4) is 0 Å². The molecule has 4 rings (SSSR count). The summed E-state index contributed by atoms with van der Waals surface area (Å²) < 4.78 is 50.0. The number of halogens is 3. The number of hydrogen-bond acceptors (Lipinski definition) is 4. The van der Waals surface area contributed by atoms with Gasteiger partial charge in [-0.15, -0.1) is 0 Å². The lowest BCUT2D eigenvalue weighted by Crippen LogP contribution is -2.27. The molecule has 0 saturated heterocycles. The highest BCUT2D eigenvalue weighted by Crippen LogP contribution is 2.50. The number of benzene rings is 2. The number of allylic oxidation sites excluding steroid dienone is 2. The Bertz CT molecular complexity index is 994. The zero-order valence-electron chi connectivity index (χ0n) is 16.0. The third-order valence-corrected chi connectivity index (χ3v) is 5.46. The maximum absolute atomic E-state index is 13.0. The molecule has 29 heavy (non-hydrogen) atoms. The Balaban J connectivity index is 1.92. The molecule has 1 aliphatic heterocycles. The number of nitrogens with one attached hydrogen (secondary N) is 1.